The number of rotatable bonds is 6. The maximum Gasteiger partial charge on any atom is 0.411 e. The lowest BCUT2D eigenvalue weighted by Crippen LogP contribution is -2.18. The zero-order valence-electron chi connectivity index (χ0n) is 10.1. The second kappa shape index (κ2) is 7.14. The van der Waals surface area contributed by atoms with Crippen LogP contribution in [0, 0.1) is 6.92 Å². The van der Waals surface area contributed by atoms with Gasteiger partial charge >= 0.3 is 6.18 Å². The summed E-state index contributed by atoms with van der Waals surface area (Å²) in [6.07, 6.45) is -3.67. The van der Waals surface area contributed by atoms with Gasteiger partial charge in [0.2, 0.25) is 0 Å². The van der Waals surface area contributed by atoms with Crippen LogP contribution in [0.1, 0.15) is 23.5 Å². The average molecular weight is 325 g/mol. The number of hydrogen-bond donors (Lipinski definition) is 0. The molecule has 1 rings (SSSR count). The Morgan fingerprint density at radius 1 is 1.28 bits per heavy atom. The van der Waals surface area contributed by atoms with Gasteiger partial charge in [0.25, 0.3) is 0 Å². The topological polar surface area (TPSA) is 9.23 Å². The third-order valence-corrected chi connectivity index (χ3v) is 3.47. The monoisotopic (exact) mass is 324 g/mol. The minimum Gasteiger partial charge on any atom is -0.372 e. The molecule has 0 aliphatic heterocycles. The molecule has 0 radical (unpaired) electrons. The molecule has 1 nitrogen and oxygen atoms in total. The summed E-state index contributed by atoms with van der Waals surface area (Å²) in [5, 5.41) is 0.716. The van der Waals surface area contributed by atoms with Crippen molar-refractivity contribution < 1.29 is 17.9 Å². The molecule has 1 unspecified atom stereocenters. The highest BCUT2D eigenvalue weighted by molar-refractivity contribution is 9.09. The van der Waals surface area contributed by atoms with Gasteiger partial charge in [-0.2, -0.15) is 13.2 Å². The summed E-state index contributed by atoms with van der Waals surface area (Å²) in [5.74, 6) is 0.180. The van der Waals surface area contributed by atoms with E-state index in [0.717, 1.165) is 11.1 Å². The van der Waals surface area contributed by atoms with Crippen LogP contribution < -0.4 is 0 Å². The predicted octanol–water partition coefficient (Wildman–Crippen LogP) is 4.44. The highest BCUT2D eigenvalue weighted by atomic mass is 79.9. The second-order valence-electron chi connectivity index (χ2n) is 4.16. The first-order chi connectivity index (χ1) is 8.44. The fourth-order valence-electron chi connectivity index (χ4n) is 1.77. The molecule has 0 bridgehead atoms. The molecule has 1 aromatic carbocycles. The van der Waals surface area contributed by atoms with Gasteiger partial charge in [0, 0.05) is 11.9 Å². The molecule has 0 aromatic heterocycles. The van der Waals surface area contributed by atoms with Crippen LogP contribution in [0.3, 0.4) is 0 Å². The first-order valence-electron chi connectivity index (χ1n) is 5.70. The summed E-state index contributed by atoms with van der Waals surface area (Å²) in [6.45, 7) is 0.946. The van der Waals surface area contributed by atoms with E-state index in [1.54, 1.807) is 0 Å². The van der Waals surface area contributed by atoms with Crippen molar-refractivity contribution in [2.45, 2.75) is 25.4 Å². The first kappa shape index (κ1) is 15.5. The third kappa shape index (κ3) is 5.40. The van der Waals surface area contributed by atoms with Crippen LogP contribution in [0.2, 0.25) is 0 Å². The molecule has 0 amide bonds. The normalized spacial score (nSPS) is 13.6. The highest BCUT2D eigenvalue weighted by Gasteiger charge is 2.27. The molecule has 0 heterocycles. The van der Waals surface area contributed by atoms with Crippen molar-refractivity contribution in [3.8, 4) is 0 Å². The Morgan fingerprint density at radius 2 is 1.94 bits per heavy atom. The Morgan fingerprint density at radius 3 is 2.50 bits per heavy atom. The van der Waals surface area contributed by atoms with E-state index in [9.17, 15) is 13.2 Å². The lowest BCUT2D eigenvalue weighted by Gasteiger charge is -2.17. The van der Waals surface area contributed by atoms with Gasteiger partial charge in [0.1, 0.15) is 6.61 Å². The van der Waals surface area contributed by atoms with Gasteiger partial charge < -0.3 is 4.74 Å². The first-order valence-corrected chi connectivity index (χ1v) is 6.82. The maximum atomic E-state index is 11.9. The number of aryl methyl sites for hydroxylation is 1. The van der Waals surface area contributed by atoms with Crippen molar-refractivity contribution >= 4 is 15.9 Å². The molecule has 18 heavy (non-hydrogen) atoms. The van der Waals surface area contributed by atoms with Crippen LogP contribution in [-0.4, -0.2) is 24.7 Å². The SMILES string of the molecule is Cc1ccccc1C(CBr)CCOCC(F)(F)F. The van der Waals surface area contributed by atoms with Crippen molar-refractivity contribution in [3.63, 3.8) is 0 Å². The lowest BCUT2D eigenvalue weighted by atomic mass is 9.94. The zero-order valence-corrected chi connectivity index (χ0v) is 11.7. The van der Waals surface area contributed by atoms with E-state index in [1.807, 2.05) is 31.2 Å². The Labute approximate surface area is 113 Å². The molecule has 0 aliphatic rings. The van der Waals surface area contributed by atoms with Gasteiger partial charge in [0.15, 0.2) is 0 Å². The van der Waals surface area contributed by atoms with Gasteiger partial charge in [0.05, 0.1) is 0 Å². The van der Waals surface area contributed by atoms with E-state index in [1.165, 1.54) is 0 Å². The van der Waals surface area contributed by atoms with Crippen LogP contribution in [0.4, 0.5) is 13.2 Å². The smallest absolute Gasteiger partial charge is 0.372 e. The third-order valence-electron chi connectivity index (χ3n) is 2.69. The van der Waals surface area contributed by atoms with Gasteiger partial charge in [-0.25, -0.2) is 0 Å². The zero-order chi connectivity index (χ0) is 13.6. The fraction of sp³-hybridized carbons (Fsp3) is 0.538. The van der Waals surface area contributed by atoms with Crippen LogP contribution in [0.25, 0.3) is 0 Å². The summed E-state index contributed by atoms with van der Waals surface area (Å²) in [6, 6.07) is 7.89. The number of benzene rings is 1. The van der Waals surface area contributed by atoms with Crippen molar-refractivity contribution in [1.82, 2.24) is 0 Å². The van der Waals surface area contributed by atoms with Crippen LogP contribution in [-0.2, 0) is 4.74 Å². The lowest BCUT2D eigenvalue weighted by molar-refractivity contribution is -0.174. The molecule has 0 saturated carbocycles. The maximum absolute atomic E-state index is 11.9. The van der Waals surface area contributed by atoms with Crippen LogP contribution >= 0.6 is 15.9 Å². The molecular weight excluding hydrogens is 309 g/mol. The fourth-order valence-corrected chi connectivity index (χ4v) is 2.45. The Bertz CT molecular complexity index is 365. The second-order valence-corrected chi connectivity index (χ2v) is 4.81. The average Bonchev–Trinajstić information content (AvgIpc) is 2.29. The van der Waals surface area contributed by atoms with Gasteiger partial charge in [-0.05, 0) is 30.4 Å². The molecule has 102 valence electrons. The van der Waals surface area contributed by atoms with Crippen molar-refractivity contribution in [2.75, 3.05) is 18.5 Å². The van der Waals surface area contributed by atoms with E-state index in [2.05, 4.69) is 20.7 Å². The summed E-state index contributed by atoms with van der Waals surface area (Å²) < 4.78 is 40.4. The molecule has 0 saturated heterocycles. The van der Waals surface area contributed by atoms with E-state index in [4.69, 9.17) is 0 Å². The summed E-state index contributed by atoms with van der Waals surface area (Å²) in [5.41, 5.74) is 2.31. The molecule has 0 N–H and O–H groups in total. The van der Waals surface area contributed by atoms with Crippen molar-refractivity contribution in [1.29, 1.82) is 0 Å². The number of ether oxygens (including phenoxy) is 1. The number of halogens is 4. The van der Waals surface area contributed by atoms with Crippen molar-refractivity contribution in [2.24, 2.45) is 0 Å². The summed E-state index contributed by atoms with van der Waals surface area (Å²) in [7, 11) is 0. The number of hydrogen-bond acceptors (Lipinski definition) is 1. The standard InChI is InChI=1S/C13H16BrF3O/c1-10-4-2-3-5-12(10)11(8-14)6-7-18-9-13(15,16)17/h2-5,11H,6-9H2,1H3. The Balaban J connectivity index is 2.46. The highest BCUT2D eigenvalue weighted by Crippen LogP contribution is 2.25. The van der Waals surface area contributed by atoms with Crippen LogP contribution in [0.15, 0.2) is 24.3 Å². The number of alkyl halides is 4. The molecule has 0 fully saturated rings. The quantitative estimate of drug-likeness (QED) is 0.555. The molecule has 1 aromatic rings. The van der Waals surface area contributed by atoms with Gasteiger partial charge in [-0.3, -0.25) is 0 Å². The van der Waals surface area contributed by atoms with Crippen molar-refractivity contribution in [3.05, 3.63) is 35.4 Å². The minimum absolute atomic E-state index is 0.115. The van der Waals surface area contributed by atoms with E-state index >= 15 is 0 Å². The van der Waals surface area contributed by atoms with Crippen LogP contribution in [0.5, 0.6) is 0 Å². The van der Waals surface area contributed by atoms with E-state index in [-0.39, 0.29) is 12.5 Å². The molecular formula is C13H16BrF3O. The Hall–Kier alpha value is -0.550. The van der Waals surface area contributed by atoms with Gasteiger partial charge in [-0.1, -0.05) is 40.2 Å². The molecule has 0 aliphatic carbocycles. The van der Waals surface area contributed by atoms with E-state index in [0.29, 0.717) is 11.8 Å². The Kier molecular flexibility index (Phi) is 6.15. The van der Waals surface area contributed by atoms with E-state index < -0.39 is 12.8 Å². The summed E-state index contributed by atoms with van der Waals surface area (Å²) >= 11 is 3.40. The summed E-state index contributed by atoms with van der Waals surface area (Å²) in [4.78, 5) is 0. The molecule has 1 atom stereocenters. The molecule has 0 spiro atoms. The minimum atomic E-state index is -4.24. The predicted molar refractivity (Wildman–Crippen MR) is 69.2 cm³/mol. The van der Waals surface area contributed by atoms with Gasteiger partial charge in [-0.15, -0.1) is 0 Å². The largest absolute Gasteiger partial charge is 0.411 e. The molecule has 5 heteroatoms.